The first-order valence-electron chi connectivity index (χ1n) is 13.5. The highest BCUT2D eigenvalue weighted by Gasteiger charge is 2.76. The van der Waals surface area contributed by atoms with Crippen LogP contribution in [0.3, 0.4) is 0 Å². The number of hydrogen-bond acceptors (Lipinski definition) is 8. The monoisotopic (exact) mass is 504 g/mol. The largest absolute Gasteiger partial charge is 0.460 e. The van der Waals surface area contributed by atoms with Crippen LogP contribution in [-0.4, -0.2) is 72.4 Å². The van der Waals surface area contributed by atoms with Gasteiger partial charge in [0.25, 0.3) is 0 Å². The van der Waals surface area contributed by atoms with E-state index in [2.05, 4.69) is 0 Å². The topological polar surface area (TPSA) is 145 Å². The van der Waals surface area contributed by atoms with Crippen molar-refractivity contribution in [2.24, 2.45) is 39.9 Å². The van der Waals surface area contributed by atoms with Gasteiger partial charge in [0, 0.05) is 16.7 Å². The number of esters is 1. The number of allylic oxidation sites excluding steroid dienone is 1. The van der Waals surface area contributed by atoms with Gasteiger partial charge in [-0.25, -0.2) is 4.79 Å². The van der Waals surface area contributed by atoms with Crippen LogP contribution in [0, 0.1) is 39.9 Å². The molecule has 5 N–H and O–H groups in total. The van der Waals surface area contributed by atoms with E-state index in [-0.39, 0.29) is 30.0 Å². The van der Waals surface area contributed by atoms with Crippen LogP contribution in [0.2, 0.25) is 0 Å². The molecule has 0 spiro atoms. The molecule has 13 atom stereocenters. The lowest BCUT2D eigenvalue weighted by Crippen LogP contribution is -2.69. The van der Waals surface area contributed by atoms with Gasteiger partial charge in [0.05, 0.1) is 11.5 Å². The number of hydrogen-bond donors (Lipinski definition) is 5. The van der Waals surface area contributed by atoms with E-state index in [1.807, 2.05) is 13.8 Å². The van der Waals surface area contributed by atoms with Gasteiger partial charge in [-0.05, 0) is 88.7 Å². The third-order valence-corrected chi connectivity index (χ3v) is 12.8. The Morgan fingerprint density at radius 2 is 1.61 bits per heavy atom. The maximum atomic E-state index is 13.3. The van der Waals surface area contributed by atoms with Gasteiger partial charge in [0.2, 0.25) is 0 Å². The predicted octanol–water partition coefficient (Wildman–Crippen LogP) is 1.25. The second-order valence-electron chi connectivity index (χ2n) is 13.8. The maximum Gasteiger partial charge on any atom is 0.338 e. The van der Waals surface area contributed by atoms with Crippen LogP contribution >= 0.6 is 0 Å². The van der Waals surface area contributed by atoms with Crippen LogP contribution in [0.4, 0.5) is 0 Å². The number of carbonyl (C=O) groups excluding carboxylic acids is 2. The average Bonchev–Trinajstić information content (AvgIpc) is 3.24. The van der Waals surface area contributed by atoms with E-state index in [9.17, 15) is 35.1 Å². The summed E-state index contributed by atoms with van der Waals surface area (Å²) in [6.45, 7) is 7.14. The summed E-state index contributed by atoms with van der Waals surface area (Å²) in [5, 5.41) is 57.2. The number of ether oxygens (including phenoxy) is 1. The van der Waals surface area contributed by atoms with E-state index in [4.69, 9.17) is 4.74 Å². The van der Waals surface area contributed by atoms with E-state index in [0.29, 0.717) is 38.5 Å². The number of fused-ring (bicyclic) bond motifs is 7. The highest BCUT2D eigenvalue weighted by atomic mass is 16.6. The summed E-state index contributed by atoms with van der Waals surface area (Å²) in [6.07, 6.45) is 3.20. The third kappa shape index (κ3) is 2.49. The molecule has 5 aliphatic carbocycles. The lowest BCUT2D eigenvalue weighted by Gasteiger charge is -2.63. The Morgan fingerprint density at radius 3 is 2.31 bits per heavy atom. The molecule has 0 radical (unpaired) electrons. The fourth-order valence-corrected chi connectivity index (χ4v) is 10.2. The van der Waals surface area contributed by atoms with Gasteiger partial charge in [-0.2, -0.15) is 0 Å². The number of carbonyl (C=O) groups is 2. The van der Waals surface area contributed by atoms with Crippen molar-refractivity contribution >= 4 is 11.8 Å². The molecule has 6 aliphatic rings. The first-order valence-corrected chi connectivity index (χ1v) is 13.5. The number of aliphatic hydroxyl groups excluding tert-OH is 2. The summed E-state index contributed by atoms with van der Waals surface area (Å²) in [5.74, 6) is -1.66. The Hall–Kier alpha value is -1.32. The third-order valence-electron chi connectivity index (χ3n) is 12.8. The second kappa shape index (κ2) is 7.00. The molecule has 1 aliphatic heterocycles. The Morgan fingerprint density at radius 1 is 0.917 bits per heavy atom. The molecule has 36 heavy (non-hydrogen) atoms. The van der Waals surface area contributed by atoms with E-state index in [0.717, 1.165) is 0 Å². The van der Waals surface area contributed by atoms with Crippen LogP contribution in [-0.2, 0) is 14.3 Å². The van der Waals surface area contributed by atoms with Crippen LogP contribution in [0.15, 0.2) is 12.2 Å². The highest BCUT2D eigenvalue weighted by Crippen LogP contribution is 2.71. The Balaban J connectivity index is 1.38. The minimum atomic E-state index is -1.66. The first kappa shape index (κ1) is 25.0. The van der Waals surface area contributed by atoms with Crippen molar-refractivity contribution in [1.82, 2.24) is 0 Å². The molecule has 0 amide bonds. The van der Waals surface area contributed by atoms with E-state index >= 15 is 0 Å². The molecule has 5 fully saturated rings. The summed E-state index contributed by atoms with van der Waals surface area (Å²) in [7, 11) is 0. The van der Waals surface area contributed by atoms with Crippen molar-refractivity contribution in [3.05, 3.63) is 12.2 Å². The number of ketones is 1. The maximum absolute atomic E-state index is 13.3. The molecule has 1 heterocycles. The molecule has 1 saturated heterocycles. The molecule has 2 bridgehead atoms. The average molecular weight is 505 g/mol. The van der Waals surface area contributed by atoms with Crippen molar-refractivity contribution in [3.8, 4) is 0 Å². The van der Waals surface area contributed by atoms with Gasteiger partial charge >= 0.3 is 5.97 Å². The highest BCUT2D eigenvalue weighted by molar-refractivity contribution is 5.97. The lowest BCUT2D eigenvalue weighted by molar-refractivity contribution is -0.234. The van der Waals surface area contributed by atoms with E-state index < -0.39 is 63.2 Å². The van der Waals surface area contributed by atoms with Gasteiger partial charge in [-0.15, -0.1) is 0 Å². The molecule has 0 aromatic rings. The molecule has 8 heteroatoms. The summed E-state index contributed by atoms with van der Waals surface area (Å²) >= 11 is 0. The fraction of sp³-hybridized carbons (Fsp3) is 0.857. The fourth-order valence-electron chi connectivity index (χ4n) is 10.2. The van der Waals surface area contributed by atoms with Crippen molar-refractivity contribution in [2.75, 3.05) is 0 Å². The van der Waals surface area contributed by atoms with Gasteiger partial charge in [0.1, 0.15) is 23.4 Å². The molecule has 0 unspecified atom stereocenters. The summed E-state index contributed by atoms with van der Waals surface area (Å²) < 4.78 is 5.68. The quantitative estimate of drug-likeness (QED) is 0.336. The molecule has 6 rings (SSSR count). The molecule has 4 saturated carbocycles. The van der Waals surface area contributed by atoms with Gasteiger partial charge in [-0.1, -0.05) is 13.8 Å². The van der Waals surface area contributed by atoms with Gasteiger partial charge < -0.3 is 30.3 Å². The first-order chi connectivity index (χ1) is 16.6. The smallest absolute Gasteiger partial charge is 0.338 e. The Labute approximate surface area is 211 Å². The van der Waals surface area contributed by atoms with Crippen molar-refractivity contribution in [2.45, 2.75) is 108 Å². The van der Waals surface area contributed by atoms with Crippen molar-refractivity contribution in [1.29, 1.82) is 0 Å². The Bertz CT molecular complexity index is 1050. The standard InChI is InChI=1S/C28H40O8/c1-23-12-17(18(13-23)36-22(32)26(23,4)33)28(35)21(31)11-16-14-7-10-27(34)20(30)6-5-19(29)25(27,3)15(14)8-9-24(16,28)2/h5-6,14-18,20-21,30-31,33-35H,7-13H2,1-4H3/t14-,15+,16+,17+,18-,20+,21-,23-,24+,25+,26+,27+,28-/m1/s1. The van der Waals surface area contributed by atoms with E-state index in [1.165, 1.54) is 19.1 Å². The zero-order valence-corrected chi connectivity index (χ0v) is 21.6. The van der Waals surface area contributed by atoms with Gasteiger partial charge in [-0.3, -0.25) is 4.79 Å². The van der Waals surface area contributed by atoms with Crippen LogP contribution in [0.25, 0.3) is 0 Å². The molecule has 200 valence electrons. The lowest BCUT2D eigenvalue weighted by atomic mass is 9.42. The summed E-state index contributed by atoms with van der Waals surface area (Å²) in [5.41, 5.74) is -7.29. The zero-order valence-electron chi connectivity index (χ0n) is 21.6. The minimum Gasteiger partial charge on any atom is -0.460 e. The molecule has 0 aromatic carbocycles. The normalized spacial score (nSPS) is 61.9. The summed E-state index contributed by atoms with van der Waals surface area (Å²) in [4.78, 5) is 25.9. The van der Waals surface area contributed by atoms with Gasteiger partial charge in [0.15, 0.2) is 11.4 Å². The van der Waals surface area contributed by atoms with E-state index in [1.54, 1.807) is 6.92 Å². The SMILES string of the molecule is C[C@@]12C[C@@H](OC(=O)[C@]1(C)O)[C@@H]([C@@]1(O)[C@H](O)C[C@H]3[C@@H]4CC[C@]5(O)[C@@H](O)C=CC(=O)[C@]5(C)[C@H]4CC[C@@]31C)C2. The minimum absolute atomic E-state index is 0.0117. The molecule has 8 nitrogen and oxygen atoms in total. The number of aliphatic hydroxyl groups is 5. The summed E-state index contributed by atoms with van der Waals surface area (Å²) in [6, 6.07) is 0. The van der Waals surface area contributed by atoms with Crippen molar-refractivity contribution < 1.29 is 39.9 Å². The zero-order chi connectivity index (χ0) is 26.3. The second-order valence-corrected chi connectivity index (χ2v) is 13.8. The van der Waals surface area contributed by atoms with Crippen LogP contribution in [0.1, 0.15) is 72.6 Å². The number of rotatable bonds is 1. The van der Waals surface area contributed by atoms with Crippen molar-refractivity contribution in [3.63, 3.8) is 0 Å². The van der Waals surface area contributed by atoms with Crippen LogP contribution < -0.4 is 0 Å². The molecular weight excluding hydrogens is 464 g/mol. The predicted molar refractivity (Wildman–Crippen MR) is 127 cm³/mol. The molecular formula is C28H40O8. The molecule has 0 aromatic heterocycles. The van der Waals surface area contributed by atoms with Crippen LogP contribution in [0.5, 0.6) is 0 Å². The Kier molecular flexibility index (Phi) is 4.86.